The third-order valence-corrected chi connectivity index (χ3v) is 6.69. The van der Waals surface area contributed by atoms with Gasteiger partial charge in [-0.2, -0.15) is 0 Å². The molecule has 1 unspecified atom stereocenters. The second kappa shape index (κ2) is 11.9. The Morgan fingerprint density at radius 1 is 1.08 bits per heavy atom. The topological polar surface area (TPSA) is 96.2 Å². The lowest BCUT2D eigenvalue weighted by molar-refractivity contribution is -0.139. The number of aromatic nitrogens is 1. The van der Waals surface area contributed by atoms with Crippen molar-refractivity contribution in [1.82, 2.24) is 4.57 Å². The normalized spacial score (nSPS) is 15.3. The maximum Gasteiger partial charge on any atom is 0.338 e. The predicted octanol–water partition coefficient (Wildman–Crippen LogP) is 3.79. The molecule has 1 aliphatic rings. The van der Waals surface area contributed by atoms with E-state index in [2.05, 4.69) is 4.99 Å². The molecule has 4 rings (SSSR count). The Morgan fingerprint density at radius 3 is 2.53 bits per heavy atom. The number of carbonyl (C=O) groups is 2. The van der Waals surface area contributed by atoms with Gasteiger partial charge in [0.25, 0.3) is 5.56 Å². The van der Waals surface area contributed by atoms with Crippen LogP contribution in [0.3, 0.4) is 0 Å². The summed E-state index contributed by atoms with van der Waals surface area (Å²) < 4.78 is 18.3. The van der Waals surface area contributed by atoms with Crippen LogP contribution in [0.2, 0.25) is 0 Å². The summed E-state index contributed by atoms with van der Waals surface area (Å²) in [4.78, 5) is 43.4. The van der Waals surface area contributed by atoms with Gasteiger partial charge >= 0.3 is 11.9 Å². The highest BCUT2D eigenvalue weighted by Gasteiger charge is 2.34. The van der Waals surface area contributed by atoms with Crippen LogP contribution < -0.4 is 24.4 Å². The number of carbonyl (C=O) groups excluding carboxylic acids is 2. The van der Waals surface area contributed by atoms with Crippen LogP contribution in [-0.2, 0) is 14.3 Å². The van der Waals surface area contributed by atoms with Crippen LogP contribution in [-0.4, -0.2) is 29.7 Å². The number of hydrogen-bond donors (Lipinski definition) is 0. The van der Waals surface area contributed by atoms with Gasteiger partial charge in [-0.05, 0) is 50.1 Å². The van der Waals surface area contributed by atoms with E-state index in [0.717, 1.165) is 5.56 Å². The molecule has 0 radical (unpaired) electrons. The lowest BCUT2D eigenvalue weighted by Crippen LogP contribution is -2.39. The van der Waals surface area contributed by atoms with Crippen molar-refractivity contribution in [2.45, 2.75) is 33.7 Å². The number of allylic oxidation sites excluding steroid dienone is 2. The molecule has 0 amide bonds. The number of benzene rings is 2. The summed E-state index contributed by atoms with van der Waals surface area (Å²) in [6.45, 7) is 7.06. The summed E-state index contributed by atoms with van der Waals surface area (Å²) in [7, 11) is 0. The van der Waals surface area contributed by atoms with Crippen LogP contribution in [0, 0.1) is 0 Å². The van der Waals surface area contributed by atoms with Crippen molar-refractivity contribution in [2.24, 2.45) is 4.99 Å². The third kappa shape index (κ3) is 5.68. The fraction of sp³-hybridized carbons (Fsp3) is 0.241. The Morgan fingerprint density at radius 2 is 1.84 bits per heavy atom. The summed E-state index contributed by atoms with van der Waals surface area (Å²) >= 11 is 1.24. The Kier molecular flexibility index (Phi) is 8.38. The van der Waals surface area contributed by atoms with Crippen LogP contribution in [0.5, 0.6) is 11.5 Å². The number of thiazole rings is 1. The molecule has 9 heteroatoms. The highest BCUT2D eigenvalue weighted by atomic mass is 32.1. The zero-order valence-corrected chi connectivity index (χ0v) is 22.4. The van der Waals surface area contributed by atoms with Gasteiger partial charge in [0.05, 0.1) is 35.1 Å². The largest absolute Gasteiger partial charge is 0.490 e. The van der Waals surface area contributed by atoms with Gasteiger partial charge in [-0.25, -0.2) is 9.79 Å². The van der Waals surface area contributed by atoms with E-state index < -0.39 is 18.0 Å². The molecule has 0 saturated heterocycles. The molecule has 0 fully saturated rings. The standard InChI is InChI=1S/C29H28N2O6S/c1-5-35-23-17-21(15-16-22(23)37-19(4)32)26-25(28(34)36-6-2)18(3)30-29-31(26)27(33)24(38-29)14-10-13-20-11-8-7-9-12-20/h7-17,26H,5-6H2,1-4H3. The monoisotopic (exact) mass is 532 g/mol. The third-order valence-electron chi connectivity index (χ3n) is 5.69. The molecule has 38 heavy (non-hydrogen) atoms. The quantitative estimate of drug-likeness (QED) is 0.324. The summed E-state index contributed by atoms with van der Waals surface area (Å²) in [5, 5.41) is 0. The molecule has 3 aromatic rings. The highest BCUT2D eigenvalue weighted by molar-refractivity contribution is 7.07. The van der Waals surface area contributed by atoms with Crippen molar-refractivity contribution in [1.29, 1.82) is 0 Å². The van der Waals surface area contributed by atoms with E-state index in [0.29, 0.717) is 33.0 Å². The molecule has 0 N–H and O–H groups in total. The minimum Gasteiger partial charge on any atom is -0.490 e. The van der Waals surface area contributed by atoms with E-state index in [1.165, 1.54) is 22.8 Å². The molecule has 2 aromatic carbocycles. The van der Waals surface area contributed by atoms with Gasteiger partial charge < -0.3 is 14.2 Å². The number of fused-ring (bicyclic) bond motifs is 1. The molecule has 0 aliphatic carbocycles. The van der Waals surface area contributed by atoms with Crippen molar-refractivity contribution in [3.05, 3.63) is 96.7 Å². The molecule has 1 aliphatic heterocycles. The molecule has 196 valence electrons. The first-order valence-electron chi connectivity index (χ1n) is 12.2. The van der Waals surface area contributed by atoms with Gasteiger partial charge in [0.2, 0.25) is 0 Å². The molecule has 2 heterocycles. The average molecular weight is 533 g/mol. The van der Waals surface area contributed by atoms with Gasteiger partial charge in [0.15, 0.2) is 16.3 Å². The van der Waals surface area contributed by atoms with Crippen molar-refractivity contribution >= 4 is 35.4 Å². The molecular weight excluding hydrogens is 504 g/mol. The van der Waals surface area contributed by atoms with Crippen molar-refractivity contribution in [3.63, 3.8) is 0 Å². The van der Waals surface area contributed by atoms with Crippen LogP contribution in [0.4, 0.5) is 0 Å². The molecular formula is C29H28N2O6S. The van der Waals surface area contributed by atoms with Gasteiger partial charge in [0, 0.05) is 6.92 Å². The molecule has 1 aromatic heterocycles. The Balaban J connectivity index is 1.88. The van der Waals surface area contributed by atoms with Crippen LogP contribution in [0.1, 0.15) is 44.9 Å². The van der Waals surface area contributed by atoms with Crippen LogP contribution in [0.15, 0.2) is 75.7 Å². The lowest BCUT2D eigenvalue weighted by Gasteiger charge is -2.25. The van der Waals surface area contributed by atoms with E-state index in [-0.39, 0.29) is 23.5 Å². The number of hydrogen-bond acceptors (Lipinski definition) is 8. The minimum absolute atomic E-state index is 0.173. The lowest BCUT2D eigenvalue weighted by atomic mass is 9.95. The van der Waals surface area contributed by atoms with Gasteiger partial charge in [-0.3, -0.25) is 14.2 Å². The van der Waals surface area contributed by atoms with Crippen molar-refractivity contribution in [3.8, 4) is 11.5 Å². The van der Waals surface area contributed by atoms with Gasteiger partial charge in [0.1, 0.15) is 0 Å². The predicted molar refractivity (Wildman–Crippen MR) is 146 cm³/mol. The van der Waals surface area contributed by atoms with E-state index in [4.69, 9.17) is 14.2 Å². The Hall–Kier alpha value is -4.24. The zero-order valence-electron chi connectivity index (χ0n) is 21.6. The second-order valence-corrected chi connectivity index (χ2v) is 9.34. The summed E-state index contributed by atoms with van der Waals surface area (Å²) in [5.74, 6) is -0.469. The van der Waals surface area contributed by atoms with E-state index in [1.54, 1.807) is 38.1 Å². The van der Waals surface area contributed by atoms with Crippen LogP contribution in [0.25, 0.3) is 12.2 Å². The van der Waals surface area contributed by atoms with Crippen molar-refractivity contribution in [2.75, 3.05) is 13.2 Å². The smallest absolute Gasteiger partial charge is 0.338 e. The van der Waals surface area contributed by atoms with Crippen LogP contribution >= 0.6 is 11.3 Å². The number of esters is 2. The fourth-order valence-electron chi connectivity index (χ4n) is 4.13. The molecule has 8 nitrogen and oxygen atoms in total. The first kappa shape index (κ1) is 26.8. The molecule has 0 spiro atoms. The minimum atomic E-state index is -0.809. The Labute approximate surface area is 223 Å². The maximum absolute atomic E-state index is 13.7. The first-order chi connectivity index (χ1) is 18.3. The number of nitrogens with zero attached hydrogens (tertiary/aromatic N) is 2. The van der Waals surface area contributed by atoms with Gasteiger partial charge in [-0.15, -0.1) is 0 Å². The maximum atomic E-state index is 13.7. The van der Waals surface area contributed by atoms with E-state index in [1.807, 2.05) is 49.4 Å². The molecule has 0 bridgehead atoms. The molecule has 1 atom stereocenters. The summed E-state index contributed by atoms with van der Waals surface area (Å²) in [6, 6.07) is 13.9. The van der Waals surface area contributed by atoms with E-state index in [9.17, 15) is 14.4 Å². The Bertz CT molecular complexity index is 1600. The summed E-state index contributed by atoms with van der Waals surface area (Å²) in [6.07, 6.45) is 5.47. The average Bonchev–Trinajstić information content (AvgIpc) is 3.19. The zero-order chi connectivity index (χ0) is 27.2. The fourth-order valence-corrected chi connectivity index (χ4v) is 5.13. The number of rotatable bonds is 8. The summed E-state index contributed by atoms with van der Waals surface area (Å²) in [5.41, 5.74) is 2.03. The highest BCUT2D eigenvalue weighted by Crippen LogP contribution is 2.36. The number of ether oxygens (including phenoxy) is 3. The second-order valence-electron chi connectivity index (χ2n) is 8.33. The first-order valence-corrected chi connectivity index (χ1v) is 13.0. The van der Waals surface area contributed by atoms with E-state index >= 15 is 0 Å². The van der Waals surface area contributed by atoms with Gasteiger partial charge in [-0.1, -0.05) is 59.9 Å². The molecule has 0 saturated carbocycles. The van der Waals surface area contributed by atoms with Crippen molar-refractivity contribution < 1.29 is 23.8 Å². The SMILES string of the molecule is CCOC(=O)C1=C(C)N=c2sc(=CC=Cc3ccccc3)c(=O)n2C1c1ccc(OC(C)=O)c(OCC)c1.